The number of hydrogen-bond donors (Lipinski definition) is 1. The normalized spacial score (nSPS) is 17.1. The first-order chi connectivity index (χ1) is 13.0. The zero-order chi connectivity index (χ0) is 19.3. The topological polar surface area (TPSA) is 66.5 Å². The van der Waals surface area contributed by atoms with Gasteiger partial charge in [-0.3, -0.25) is 4.79 Å². The van der Waals surface area contributed by atoms with Gasteiger partial charge in [-0.25, -0.2) is 12.8 Å². The molecule has 0 spiro atoms. The Bertz CT molecular complexity index is 964. The molecule has 2 aromatic rings. The number of carbonyl (C=O) groups is 1. The van der Waals surface area contributed by atoms with Crippen molar-refractivity contribution in [2.24, 2.45) is 0 Å². The number of nitrogens with zero attached hydrogens (tertiary/aromatic N) is 1. The van der Waals surface area contributed by atoms with Gasteiger partial charge in [0.05, 0.1) is 11.4 Å². The maximum Gasteiger partial charge on any atom is 0.243 e. The van der Waals surface area contributed by atoms with Crippen molar-refractivity contribution in [3.63, 3.8) is 0 Å². The van der Waals surface area contributed by atoms with Crippen LogP contribution in [0.1, 0.15) is 18.4 Å². The van der Waals surface area contributed by atoms with Crippen molar-refractivity contribution in [1.29, 1.82) is 0 Å². The molecule has 1 saturated heterocycles. The highest BCUT2D eigenvalue weighted by Gasteiger charge is 2.39. The third-order valence-electron chi connectivity index (χ3n) is 4.28. The lowest BCUT2D eigenvalue weighted by atomic mass is 10.2. The Morgan fingerprint density at radius 3 is 2.56 bits per heavy atom. The minimum atomic E-state index is -3.85. The Balaban J connectivity index is 1.66. The third kappa shape index (κ3) is 4.54. The molecule has 27 heavy (non-hydrogen) atoms. The molecule has 0 aliphatic carbocycles. The largest absolute Gasteiger partial charge is 0.344 e. The van der Waals surface area contributed by atoms with Crippen LogP contribution in [0.15, 0.2) is 59.5 Å². The van der Waals surface area contributed by atoms with Gasteiger partial charge in [0, 0.05) is 12.1 Å². The fraction of sp³-hybridized carbons (Fsp3) is 0.250. The molecule has 0 radical (unpaired) electrons. The van der Waals surface area contributed by atoms with Crippen molar-refractivity contribution in [3.05, 3.63) is 66.0 Å². The van der Waals surface area contributed by atoms with Gasteiger partial charge in [-0.2, -0.15) is 4.31 Å². The van der Waals surface area contributed by atoms with Crippen LogP contribution in [-0.4, -0.2) is 37.8 Å². The first kappa shape index (κ1) is 19.1. The van der Waals surface area contributed by atoms with Gasteiger partial charge in [0.25, 0.3) is 0 Å². The van der Waals surface area contributed by atoms with Crippen molar-refractivity contribution in [2.45, 2.75) is 23.8 Å². The highest BCUT2D eigenvalue weighted by atomic mass is 32.2. The fourth-order valence-corrected chi connectivity index (χ4v) is 4.61. The summed E-state index contributed by atoms with van der Waals surface area (Å²) in [6, 6.07) is 13.2. The summed E-state index contributed by atoms with van der Waals surface area (Å²) in [5.41, 5.74) is 0.841. The Morgan fingerprint density at radius 1 is 1.15 bits per heavy atom. The van der Waals surface area contributed by atoms with E-state index in [4.69, 9.17) is 0 Å². The van der Waals surface area contributed by atoms with Crippen LogP contribution in [0, 0.1) is 17.7 Å². The second-order valence-electron chi connectivity index (χ2n) is 6.11. The average molecular weight is 386 g/mol. The minimum absolute atomic E-state index is 0.0209. The summed E-state index contributed by atoms with van der Waals surface area (Å²) in [7, 11) is -3.85. The zero-order valence-corrected chi connectivity index (χ0v) is 15.4. The molecule has 5 nitrogen and oxygen atoms in total. The standard InChI is InChI=1S/C20H19FN2O3S/c21-17-10-12-18(13-11-17)27(25,26)23-15-5-9-19(23)20(24)22-14-4-8-16-6-2-1-3-7-16/h1-3,6-7,10-13,19H,5,9,14-15H2,(H,22,24). The van der Waals surface area contributed by atoms with E-state index in [1.54, 1.807) is 0 Å². The Kier molecular flexibility index (Phi) is 5.89. The smallest absolute Gasteiger partial charge is 0.243 e. The quantitative estimate of drug-likeness (QED) is 0.819. The van der Waals surface area contributed by atoms with Gasteiger partial charge >= 0.3 is 0 Å². The summed E-state index contributed by atoms with van der Waals surface area (Å²) < 4.78 is 39.8. The van der Waals surface area contributed by atoms with Crippen molar-refractivity contribution >= 4 is 15.9 Å². The van der Waals surface area contributed by atoms with Crippen LogP contribution in [0.5, 0.6) is 0 Å². The number of rotatable bonds is 4. The van der Waals surface area contributed by atoms with E-state index in [-0.39, 0.29) is 23.9 Å². The van der Waals surface area contributed by atoms with E-state index in [1.165, 1.54) is 16.4 Å². The predicted octanol–water partition coefficient (Wildman–Crippen LogP) is 2.15. The summed E-state index contributed by atoms with van der Waals surface area (Å²) >= 11 is 0. The van der Waals surface area contributed by atoms with E-state index in [2.05, 4.69) is 17.2 Å². The Labute approximate surface area is 158 Å². The van der Waals surface area contributed by atoms with Crippen molar-refractivity contribution in [3.8, 4) is 11.8 Å². The molecule has 1 N–H and O–H groups in total. The molecule has 1 heterocycles. The van der Waals surface area contributed by atoms with Crippen LogP contribution in [-0.2, 0) is 14.8 Å². The lowest BCUT2D eigenvalue weighted by Gasteiger charge is -2.23. The molecule has 140 valence electrons. The van der Waals surface area contributed by atoms with E-state index >= 15 is 0 Å². The number of nitrogens with one attached hydrogen (secondary N) is 1. The Morgan fingerprint density at radius 2 is 1.85 bits per heavy atom. The number of carbonyl (C=O) groups excluding carboxylic acids is 1. The molecule has 2 aromatic carbocycles. The lowest BCUT2D eigenvalue weighted by Crippen LogP contribution is -2.45. The van der Waals surface area contributed by atoms with Gasteiger partial charge in [0.1, 0.15) is 11.9 Å². The fourth-order valence-electron chi connectivity index (χ4n) is 2.95. The number of benzene rings is 2. The molecule has 3 rings (SSSR count). The molecule has 7 heteroatoms. The lowest BCUT2D eigenvalue weighted by molar-refractivity contribution is -0.123. The zero-order valence-electron chi connectivity index (χ0n) is 14.6. The van der Waals surface area contributed by atoms with Gasteiger partial charge in [-0.15, -0.1) is 0 Å². The molecule has 1 aliphatic heterocycles. The summed E-state index contributed by atoms with van der Waals surface area (Å²) in [6.07, 6.45) is 1.03. The van der Waals surface area contributed by atoms with Gasteiger partial charge in [-0.05, 0) is 49.2 Å². The second-order valence-corrected chi connectivity index (χ2v) is 8.00. The van der Waals surface area contributed by atoms with Crippen molar-refractivity contribution < 1.29 is 17.6 Å². The van der Waals surface area contributed by atoms with Crippen molar-refractivity contribution in [1.82, 2.24) is 9.62 Å². The van der Waals surface area contributed by atoms with Crippen LogP contribution in [0.25, 0.3) is 0 Å². The molecule has 1 amide bonds. The van der Waals surface area contributed by atoms with Crippen LogP contribution in [0.3, 0.4) is 0 Å². The number of halogens is 1. The first-order valence-corrected chi connectivity index (χ1v) is 10.0. The van der Waals surface area contributed by atoms with Gasteiger partial charge in [0.2, 0.25) is 15.9 Å². The highest BCUT2D eigenvalue weighted by Crippen LogP contribution is 2.26. The molecule has 0 saturated carbocycles. The third-order valence-corrected chi connectivity index (χ3v) is 6.21. The molecule has 1 unspecified atom stereocenters. The first-order valence-electron chi connectivity index (χ1n) is 8.57. The maximum atomic E-state index is 13.1. The van der Waals surface area contributed by atoms with E-state index in [1.807, 2.05) is 30.3 Å². The van der Waals surface area contributed by atoms with E-state index < -0.39 is 21.9 Å². The molecular weight excluding hydrogens is 367 g/mol. The number of hydrogen-bond acceptors (Lipinski definition) is 3. The number of sulfonamides is 1. The molecule has 1 aliphatic rings. The SMILES string of the molecule is O=C(NCC#Cc1ccccc1)C1CCCN1S(=O)(=O)c1ccc(F)cc1. The summed E-state index contributed by atoms with van der Waals surface area (Å²) in [6.45, 7) is 0.391. The van der Waals surface area contributed by atoms with Crippen LogP contribution in [0.2, 0.25) is 0 Å². The van der Waals surface area contributed by atoms with Crippen LogP contribution in [0.4, 0.5) is 4.39 Å². The molecule has 1 atom stereocenters. The molecular formula is C20H19FN2O3S. The molecule has 0 bridgehead atoms. The second kappa shape index (κ2) is 8.33. The van der Waals surface area contributed by atoms with Gasteiger partial charge in [0.15, 0.2) is 0 Å². The Hall–Kier alpha value is -2.69. The summed E-state index contributed by atoms with van der Waals surface area (Å²) in [5, 5.41) is 2.68. The van der Waals surface area contributed by atoms with Gasteiger partial charge < -0.3 is 5.32 Å². The summed E-state index contributed by atoms with van der Waals surface area (Å²) in [4.78, 5) is 12.4. The average Bonchev–Trinajstić information content (AvgIpc) is 3.17. The summed E-state index contributed by atoms with van der Waals surface area (Å²) in [5.74, 6) is 4.90. The minimum Gasteiger partial charge on any atom is -0.344 e. The molecule has 0 aromatic heterocycles. The van der Waals surface area contributed by atoms with E-state index in [0.717, 1.165) is 17.7 Å². The van der Waals surface area contributed by atoms with Crippen molar-refractivity contribution in [2.75, 3.05) is 13.1 Å². The predicted molar refractivity (Wildman–Crippen MR) is 99.6 cm³/mol. The van der Waals surface area contributed by atoms with Crippen LogP contribution < -0.4 is 5.32 Å². The number of amides is 1. The van der Waals surface area contributed by atoms with Crippen LogP contribution >= 0.6 is 0 Å². The molecule has 1 fully saturated rings. The monoisotopic (exact) mass is 386 g/mol. The maximum absolute atomic E-state index is 13.1. The highest BCUT2D eigenvalue weighted by molar-refractivity contribution is 7.89. The van der Waals surface area contributed by atoms with Gasteiger partial charge in [-0.1, -0.05) is 30.0 Å². The van der Waals surface area contributed by atoms with E-state index in [0.29, 0.717) is 12.8 Å². The van der Waals surface area contributed by atoms with E-state index in [9.17, 15) is 17.6 Å².